The van der Waals surface area contributed by atoms with E-state index in [0.29, 0.717) is 5.92 Å². The van der Waals surface area contributed by atoms with E-state index in [1.54, 1.807) is 11.3 Å². The molecule has 7 heteroatoms. The molecular weight excluding hydrogens is 400 g/mol. The Bertz CT molecular complexity index is 1230. The number of hydrogen-bond acceptors (Lipinski definition) is 5. The van der Waals surface area contributed by atoms with Gasteiger partial charge in [-0.25, -0.2) is 9.97 Å². The summed E-state index contributed by atoms with van der Waals surface area (Å²) in [6.45, 7) is 3.01. The number of H-pyrrole nitrogens is 1. The van der Waals surface area contributed by atoms with Gasteiger partial charge in [-0.05, 0) is 37.0 Å². The lowest BCUT2D eigenvalue weighted by Gasteiger charge is -2.27. The number of fused-ring (bicyclic) bond motifs is 4. The molecule has 1 aromatic carbocycles. The smallest absolute Gasteiger partial charge is 0.260 e. The van der Waals surface area contributed by atoms with Gasteiger partial charge in [-0.3, -0.25) is 4.79 Å². The lowest BCUT2D eigenvalue weighted by atomic mass is 9.97. The molecule has 5 nitrogen and oxygen atoms in total. The molecule has 6 rings (SSSR count). The summed E-state index contributed by atoms with van der Waals surface area (Å²) in [5, 5.41) is 2.14. The average Bonchev–Trinajstić information content (AvgIpc) is 3.42. The Labute approximate surface area is 176 Å². The van der Waals surface area contributed by atoms with E-state index in [0.717, 1.165) is 66.9 Å². The second-order valence-electron chi connectivity index (χ2n) is 8.27. The SMILES string of the molecule is O=c1[nH]c(C[NH+]2CCC(c3nc4ccccc4s3)CC2)nc2sc3c(c12)CCC3. The first-order valence-electron chi connectivity index (χ1n) is 10.5. The number of hydrogen-bond donors (Lipinski definition) is 2. The Balaban J connectivity index is 1.17. The summed E-state index contributed by atoms with van der Waals surface area (Å²) >= 11 is 3.57. The van der Waals surface area contributed by atoms with Crippen LogP contribution >= 0.6 is 22.7 Å². The maximum atomic E-state index is 12.7. The van der Waals surface area contributed by atoms with Crippen LogP contribution in [0.25, 0.3) is 20.4 Å². The standard InChI is InChI=1S/C22H22N4OS2/c27-20-19-14-4-3-7-16(14)28-22(19)25-18(24-20)12-26-10-8-13(9-11-26)21-23-15-5-1-2-6-17(15)29-21/h1-2,5-6,13H,3-4,7-12H2,(H,24,25,27)/p+1. The number of quaternary nitrogens is 1. The molecule has 1 saturated heterocycles. The van der Waals surface area contributed by atoms with Crippen molar-refractivity contribution in [2.45, 2.75) is 44.6 Å². The Kier molecular flexibility index (Phi) is 4.29. The number of piperidine rings is 1. The molecule has 0 unspecified atom stereocenters. The number of nitrogens with zero attached hydrogens (tertiary/aromatic N) is 2. The van der Waals surface area contributed by atoms with E-state index in [1.807, 2.05) is 11.3 Å². The van der Waals surface area contributed by atoms with Crippen LogP contribution in [0.3, 0.4) is 0 Å². The number of nitrogens with one attached hydrogen (secondary N) is 2. The third kappa shape index (κ3) is 3.12. The van der Waals surface area contributed by atoms with Crippen molar-refractivity contribution in [3.05, 3.63) is 55.9 Å². The average molecular weight is 424 g/mol. The van der Waals surface area contributed by atoms with Gasteiger partial charge in [0, 0.05) is 23.6 Å². The number of aromatic amines is 1. The van der Waals surface area contributed by atoms with Crippen LogP contribution in [0, 0.1) is 0 Å². The first-order chi connectivity index (χ1) is 14.2. The van der Waals surface area contributed by atoms with E-state index in [2.05, 4.69) is 29.2 Å². The topological polar surface area (TPSA) is 63.1 Å². The van der Waals surface area contributed by atoms with Gasteiger partial charge >= 0.3 is 0 Å². The zero-order valence-electron chi connectivity index (χ0n) is 16.2. The van der Waals surface area contributed by atoms with Gasteiger partial charge in [0.25, 0.3) is 5.56 Å². The molecular formula is C22H23N4OS2+. The summed E-state index contributed by atoms with van der Waals surface area (Å²) < 4.78 is 1.29. The van der Waals surface area contributed by atoms with Gasteiger partial charge in [0.05, 0.1) is 33.7 Å². The first-order valence-corrected chi connectivity index (χ1v) is 12.1. The molecule has 1 aliphatic carbocycles. The highest BCUT2D eigenvalue weighted by molar-refractivity contribution is 7.19. The Morgan fingerprint density at radius 1 is 1.10 bits per heavy atom. The van der Waals surface area contributed by atoms with Crippen LogP contribution in [0.2, 0.25) is 0 Å². The van der Waals surface area contributed by atoms with Gasteiger partial charge in [-0.15, -0.1) is 22.7 Å². The zero-order valence-corrected chi connectivity index (χ0v) is 17.8. The largest absolute Gasteiger partial charge is 0.329 e. The molecule has 0 atom stereocenters. The summed E-state index contributed by atoms with van der Waals surface area (Å²) in [4.78, 5) is 29.3. The van der Waals surface area contributed by atoms with E-state index in [9.17, 15) is 4.79 Å². The van der Waals surface area contributed by atoms with Gasteiger partial charge in [-0.1, -0.05) is 12.1 Å². The van der Waals surface area contributed by atoms with Crippen LogP contribution < -0.4 is 10.5 Å². The molecule has 0 radical (unpaired) electrons. The highest BCUT2D eigenvalue weighted by atomic mass is 32.1. The number of likely N-dealkylation sites (tertiary alicyclic amines) is 1. The summed E-state index contributed by atoms with van der Waals surface area (Å²) in [5.41, 5.74) is 2.45. The predicted molar refractivity (Wildman–Crippen MR) is 118 cm³/mol. The fraction of sp³-hybridized carbons (Fsp3) is 0.409. The molecule has 29 heavy (non-hydrogen) atoms. The van der Waals surface area contributed by atoms with Gasteiger partial charge in [-0.2, -0.15) is 0 Å². The summed E-state index contributed by atoms with van der Waals surface area (Å²) in [6.07, 6.45) is 5.61. The number of aromatic nitrogens is 3. The summed E-state index contributed by atoms with van der Waals surface area (Å²) in [5.74, 6) is 1.40. The van der Waals surface area contributed by atoms with Crippen LogP contribution in [0.4, 0.5) is 0 Å². The van der Waals surface area contributed by atoms with Gasteiger partial charge < -0.3 is 9.88 Å². The van der Waals surface area contributed by atoms with Gasteiger partial charge in [0.1, 0.15) is 11.4 Å². The number of para-hydroxylation sites is 1. The van der Waals surface area contributed by atoms with Crippen LogP contribution in [0.15, 0.2) is 29.1 Å². The van der Waals surface area contributed by atoms with Crippen molar-refractivity contribution in [2.75, 3.05) is 13.1 Å². The number of rotatable bonds is 3. The molecule has 2 aliphatic rings. The van der Waals surface area contributed by atoms with Gasteiger partial charge in [0.2, 0.25) is 0 Å². The third-order valence-corrected chi connectivity index (χ3v) is 8.78. The van der Waals surface area contributed by atoms with E-state index in [-0.39, 0.29) is 5.56 Å². The highest BCUT2D eigenvalue weighted by Crippen LogP contribution is 2.34. The van der Waals surface area contributed by atoms with Crippen LogP contribution in [-0.2, 0) is 19.4 Å². The van der Waals surface area contributed by atoms with E-state index in [4.69, 9.17) is 9.97 Å². The molecule has 0 spiro atoms. The van der Waals surface area contributed by atoms with Crippen molar-refractivity contribution in [2.24, 2.45) is 0 Å². The summed E-state index contributed by atoms with van der Waals surface area (Å²) in [6, 6.07) is 8.42. The predicted octanol–water partition coefficient (Wildman–Crippen LogP) is 3.05. The number of benzene rings is 1. The lowest BCUT2D eigenvalue weighted by molar-refractivity contribution is -0.919. The summed E-state index contributed by atoms with van der Waals surface area (Å²) in [7, 11) is 0. The molecule has 1 aliphatic heterocycles. The Morgan fingerprint density at radius 2 is 1.97 bits per heavy atom. The molecule has 148 valence electrons. The van der Waals surface area contributed by atoms with E-state index >= 15 is 0 Å². The van der Waals surface area contributed by atoms with Crippen LogP contribution in [0.5, 0.6) is 0 Å². The van der Waals surface area contributed by atoms with Crippen molar-refractivity contribution >= 4 is 43.1 Å². The Hall–Kier alpha value is -2.09. The number of aryl methyl sites for hydroxylation is 2. The third-order valence-electron chi connectivity index (χ3n) is 6.39. The van der Waals surface area contributed by atoms with E-state index < -0.39 is 0 Å². The minimum atomic E-state index is 0.0631. The number of thiophene rings is 1. The minimum absolute atomic E-state index is 0.0631. The minimum Gasteiger partial charge on any atom is -0.329 e. The molecule has 4 aromatic rings. The molecule has 4 heterocycles. The van der Waals surface area contributed by atoms with Gasteiger partial charge in [0.15, 0.2) is 5.82 Å². The molecule has 0 saturated carbocycles. The fourth-order valence-electron chi connectivity index (χ4n) is 4.88. The molecule has 2 N–H and O–H groups in total. The second-order valence-corrected chi connectivity index (χ2v) is 10.4. The van der Waals surface area contributed by atoms with Crippen molar-refractivity contribution in [3.63, 3.8) is 0 Å². The maximum absolute atomic E-state index is 12.7. The lowest BCUT2D eigenvalue weighted by Crippen LogP contribution is -3.11. The zero-order chi connectivity index (χ0) is 19.4. The Morgan fingerprint density at radius 3 is 2.83 bits per heavy atom. The van der Waals surface area contributed by atoms with Crippen LogP contribution in [0.1, 0.15) is 46.5 Å². The van der Waals surface area contributed by atoms with Crippen LogP contribution in [-0.4, -0.2) is 28.0 Å². The molecule has 1 fully saturated rings. The van der Waals surface area contributed by atoms with E-state index in [1.165, 1.54) is 31.5 Å². The fourth-order valence-corrected chi connectivity index (χ4v) is 7.30. The second kappa shape index (κ2) is 7.00. The molecule has 3 aromatic heterocycles. The highest BCUT2D eigenvalue weighted by Gasteiger charge is 2.27. The van der Waals surface area contributed by atoms with Crippen molar-refractivity contribution in [1.29, 1.82) is 0 Å². The van der Waals surface area contributed by atoms with Crippen molar-refractivity contribution in [3.8, 4) is 0 Å². The molecule has 0 amide bonds. The quantitative estimate of drug-likeness (QED) is 0.532. The van der Waals surface area contributed by atoms with Crippen molar-refractivity contribution < 1.29 is 4.90 Å². The normalized spacial score (nSPS) is 21.8. The maximum Gasteiger partial charge on any atom is 0.260 e. The first kappa shape index (κ1) is 17.7. The van der Waals surface area contributed by atoms with Crippen molar-refractivity contribution in [1.82, 2.24) is 15.0 Å². The monoisotopic (exact) mass is 423 g/mol. The molecule has 0 bridgehead atoms. The number of thiazole rings is 1.